The molecule has 0 aliphatic heterocycles. The Morgan fingerprint density at radius 3 is 2.57 bits per heavy atom. The number of hydrogen-bond donors (Lipinski definition) is 1. The summed E-state index contributed by atoms with van der Waals surface area (Å²) in [4.78, 5) is 9.78. The Balaban J connectivity index is 2.41. The average Bonchev–Trinajstić information content (AvgIpc) is 2.78. The van der Waals surface area contributed by atoms with Gasteiger partial charge >= 0.3 is 0 Å². The molecule has 0 bridgehead atoms. The van der Waals surface area contributed by atoms with Gasteiger partial charge in [-0.05, 0) is 12.1 Å². The van der Waals surface area contributed by atoms with Crippen LogP contribution in [-0.2, 0) is 10.0 Å². The van der Waals surface area contributed by atoms with Crippen LogP contribution in [0.5, 0.6) is 0 Å². The third-order valence-corrected chi connectivity index (χ3v) is 5.48. The number of thiophene rings is 1. The highest BCUT2D eigenvalue weighted by Crippen LogP contribution is 2.37. The maximum Gasteiger partial charge on any atom is 0.300 e. The van der Waals surface area contributed by atoms with E-state index >= 15 is 0 Å². The van der Waals surface area contributed by atoms with Crippen molar-refractivity contribution < 1.29 is 22.1 Å². The highest BCUT2D eigenvalue weighted by Gasteiger charge is 2.26. The van der Waals surface area contributed by atoms with Gasteiger partial charge in [-0.1, -0.05) is 17.7 Å². The van der Waals surface area contributed by atoms with Gasteiger partial charge in [0.1, 0.15) is 4.21 Å². The summed E-state index contributed by atoms with van der Waals surface area (Å²) in [6, 6.07) is 3.69. The third-order valence-electron chi connectivity index (χ3n) is 2.30. The van der Waals surface area contributed by atoms with Crippen LogP contribution in [0.3, 0.4) is 0 Å². The maximum absolute atomic E-state index is 13.4. The quantitative estimate of drug-likeness (QED) is 0.673. The van der Waals surface area contributed by atoms with E-state index in [1.807, 2.05) is 4.72 Å². The van der Waals surface area contributed by atoms with E-state index in [2.05, 4.69) is 0 Å². The summed E-state index contributed by atoms with van der Waals surface area (Å²) >= 11 is 5.99. The highest BCUT2D eigenvalue weighted by molar-refractivity contribution is 7.94. The molecule has 112 valence electrons. The van der Waals surface area contributed by atoms with Crippen LogP contribution in [0.4, 0.5) is 20.2 Å². The molecule has 1 N–H and O–H groups in total. The zero-order valence-corrected chi connectivity index (χ0v) is 12.2. The molecule has 1 aromatic carbocycles. The van der Waals surface area contributed by atoms with Gasteiger partial charge in [-0.3, -0.25) is 14.8 Å². The molecule has 1 heterocycles. The maximum atomic E-state index is 13.4. The predicted octanol–water partition coefficient (Wildman–Crippen LogP) is 3.39. The smallest absolute Gasteiger partial charge is 0.276 e. The lowest BCUT2D eigenvalue weighted by Gasteiger charge is -2.07. The first kappa shape index (κ1) is 15.6. The number of rotatable bonds is 4. The second-order valence-corrected chi connectivity index (χ2v) is 7.25. The molecular formula is C10H5ClF2N2O4S2. The molecule has 0 spiro atoms. The topological polar surface area (TPSA) is 89.3 Å². The van der Waals surface area contributed by atoms with Gasteiger partial charge in [0.25, 0.3) is 15.7 Å². The molecule has 0 saturated carbocycles. The SMILES string of the molecule is O=[N+]([O-])c1cc(S(=O)(=O)Nc2cccc(F)c2F)sc1Cl. The van der Waals surface area contributed by atoms with E-state index in [9.17, 15) is 27.3 Å². The highest BCUT2D eigenvalue weighted by atomic mass is 35.5. The van der Waals surface area contributed by atoms with Crippen LogP contribution < -0.4 is 4.72 Å². The second kappa shape index (κ2) is 5.54. The lowest BCUT2D eigenvalue weighted by molar-refractivity contribution is -0.384. The molecular weight excluding hydrogens is 350 g/mol. The number of sulfonamides is 1. The molecule has 0 amide bonds. The van der Waals surface area contributed by atoms with Crippen molar-refractivity contribution in [1.29, 1.82) is 0 Å². The standard InChI is InChI=1S/C10H5ClF2N2O4S2/c11-10-7(15(16)17)4-8(20-10)21(18,19)14-6-3-1-2-5(12)9(6)13/h1-4,14H. The fraction of sp³-hybridized carbons (Fsp3) is 0. The summed E-state index contributed by atoms with van der Waals surface area (Å²) in [5, 5.41) is 10.6. The third kappa shape index (κ3) is 3.12. The predicted molar refractivity (Wildman–Crippen MR) is 73.1 cm³/mol. The van der Waals surface area contributed by atoms with Gasteiger partial charge in [-0.2, -0.15) is 0 Å². The Hall–Kier alpha value is -1.78. The Bertz CT molecular complexity index is 822. The Labute approximate surface area is 126 Å². The molecule has 0 radical (unpaired) electrons. The van der Waals surface area contributed by atoms with Crippen molar-refractivity contribution >= 4 is 44.3 Å². The van der Waals surface area contributed by atoms with Crippen LogP contribution in [0.15, 0.2) is 28.5 Å². The molecule has 0 unspecified atom stereocenters. The summed E-state index contributed by atoms with van der Waals surface area (Å²) < 4.78 is 51.4. The van der Waals surface area contributed by atoms with Crippen LogP contribution in [0.2, 0.25) is 4.34 Å². The summed E-state index contributed by atoms with van der Waals surface area (Å²) in [5.74, 6) is -2.61. The lowest BCUT2D eigenvalue weighted by atomic mass is 10.3. The molecule has 0 atom stereocenters. The van der Waals surface area contributed by atoms with E-state index in [4.69, 9.17) is 11.6 Å². The number of nitrogens with one attached hydrogen (secondary N) is 1. The molecule has 0 fully saturated rings. The van der Waals surface area contributed by atoms with Crippen molar-refractivity contribution in [1.82, 2.24) is 0 Å². The molecule has 0 saturated heterocycles. The largest absolute Gasteiger partial charge is 0.300 e. The Kier molecular flexibility index (Phi) is 4.12. The fourth-order valence-electron chi connectivity index (χ4n) is 1.37. The lowest BCUT2D eigenvalue weighted by Crippen LogP contribution is -2.13. The summed E-state index contributed by atoms with van der Waals surface area (Å²) in [7, 11) is -4.31. The molecule has 0 aliphatic carbocycles. The van der Waals surface area contributed by atoms with Crippen molar-refractivity contribution in [3.8, 4) is 0 Å². The van der Waals surface area contributed by atoms with E-state index in [1.165, 1.54) is 0 Å². The monoisotopic (exact) mass is 354 g/mol. The van der Waals surface area contributed by atoms with Crippen LogP contribution in [-0.4, -0.2) is 13.3 Å². The number of anilines is 1. The van der Waals surface area contributed by atoms with Crippen molar-refractivity contribution in [2.75, 3.05) is 4.72 Å². The van der Waals surface area contributed by atoms with E-state index in [-0.39, 0.29) is 4.34 Å². The zero-order chi connectivity index (χ0) is 15.8. The first-order valence-electron chi connectivity index (χ1n) is 5.13. The van der Waals surface area contributed by atoms with Crippen molar-refractivity contribution in [2.45, 2.75) is 4.21 Å². The fourth-order valence-corrected chi connectivity index (χ4v) is 4.10. The minimum atomic E-state index is -4.31. The van der Waals surface area contributed by atoms with Gasteiger partial charge in [0.05, 0.1) is 10.6 Å². The molecule has 6 nitrogen and oxygen atoms in total. The molecule has 0 aliphatic rings. The molecule has 1 aromatic heterocycles. The molecule has 2 aromatic rings. The zero-order valence-electron chi connectivity index (χ0n) is 9.84. The molecule has 21 heavy (non-hydrogen) atoms. The minimum absolute atomic E-state index is 0.333. The molecule has 2 rings (SSSR count). The van der Waals surface area contributed by atoms with Crippen LogP contribution in [0.25, 0.3) is 0 Å². The first-order valence-corrected chi connectivity index (χ1v) is 7.80. The summed E-state index contributed by atoms with van der Waals surface area (Å²) in [6.45, 7) is 0. The van der Waals surface area contributed by atoms with Gasteiger partial charge in [-0.15, -0.1) is 11.3 Å². The summed E-state index contributed by atoms with van der Waals surface area (Å²) in [5.41, 5.74) is -1.19. The van der Waals surface area contributed by atoms with Crippen LogP contribution >= 0.6 is 22.9 Å². The first-order chi connectivity index (χ1) is 9.72. The number of benzene rings is 1. The van der Waals surface area contributed by atoms with Gasteiger partial charge in [-0.25, -0.2) is 17.2 Å². The van der Waals surface area contributed by atoms with E-state index in [0.29, 0.717) is 11.3 Å². The second-order valence-electron chi connectivity index (χ2n) is 3.69. The van der Waals surface area contributed by atoms with Gasteiger partial charge in [0, 0.05) is 6.07 Å². The van der Waals surface area contributed by atoms with E-state index in [0.717, 1.165) is 24.3 Å². The molecule has 11 heteroatoms. The van der Waals surface area contributed by atoms with Crippen LogP contribution in [0.1, 0.15) is 0 Å². The Morgan fingerprint density at radius 2 is 2.00 bits per heavy atom. The van der Waals surface area contributed by atoms with Gasteiger partial charge < -0.3 is 0 Å². The van der Waals surface area contributed by atoms with Crippen molar-refractivity contribution in [3.63, 3.8) is 0 Å². The average molecular weight is 355 g/mol. The Morgan fingerprint density at radius 1 is 1.33 bits per heavy atom. The van der Waals surface area contributed by atoms with Crippen molar-refractivity contribution in [2.24, 2.45) is 0 Å². The van der Waals surface area contributed by atoms with E-state index in [1.54, 1.807) is 0 Å². The van der Waals surface area contributed by atoms with Gasteiger partial charge in [0.2, 0.25) is 0 Å². The normalized spacial score (nSPS) is 11.4. The van der Waals surface area contributed by atoms with E-state index < -0.39 is 42.2 Å². The van der Waals surface area contributed by atoms with Crippen LogP contribution in [0, 0.1) is 21.7 Å². The van der Waals surface area contributed by atoms with Gasteiger partial charge in [0.15, 0.2) is 16.0 Å². The summed E-state index contributed by atoms with van der Waals surface area (Å²) in [6.07, 6.45) is 0. The van der Waals surface area contributed by atoms with Crippen molar-refractivity contribution in [3.05, 3.63) is 50.4 Å². The number of hydrogen-bond acceptors (Lipinski definition) is 5. The number of nitro groups is 1. The number of nitrogens with zero attached hydrogens (tertiary/aromatic N) is 1. The minimum Gasteiger partial charge on any atom is -0.276 e. The number of halogens is 3.